The second-order valence-corrected chi connectivity index (χ2v) is 7.86. The predicted octanol–water partition coefficient (Wildman–Crippen LogP) is 7.80. The van der Waals surface area contributed by atoms with Gasteiger partial charge < -0.3 is 14.5 Å². The molecule has 1 amide bonds. The van der Waals surface area contributed by atoms with Crippen molar-refractivity contribution < 1.29 is 13.9 Å². The van der Waals surface area contributed by atoms with Gasteiger partial charge in [-0.3, -0.25) is 4.79 Å². The summed E-state index contributed by atoms with van der Waals surface area (Å²) in [6.45, 7) is 12.1. The van der Waals surface area contributed by atoms with Gasteiger partial charge in [0.15, 0.2) is 0 Å². The van der Waals surface area contributed by atoms with Crippen LogP contribution >= 0.6 is 0 Å². The number of nitrogens with one attached hydrogen (secondary N) is 1. The van der Waals surface area contributed by atoms with E-state index in [0.29, 0.717) is 35.1 Å². The molecule has 188 valence electrons. The molecule has 1 aromatic heterocycles. The summed E-state index contributed by atoms with van der Waals surface area (Å²) in [4.78, 5) is 17.4. The van der Waals surface area contributed by atoms with Gasteiger partial charge in [0, 0.05) is 29.3 Å². The van der Waals surface area contributed by atoms with Crippen LogP contribution in [0.1, 0.15) is 67.1 Å². The van der Waals surface area contributed by atoms with E-state index in [4.69, 9.17) is 15.6 Å². The van der Waals surface area contributed by atoms with Gasteiger partial charge in [-0.2, -0.15) is 0 Å². The van der Waals surface area contributed by atoms with Crippen molar-refractivity contribution in [3.05, 3.63) is 94.6 Å². The summed E-state index contributed by atoms with van der Waals surface area (Å²) in [5, 5.41) is 3.05. The topological polar surface area (TPSA) is 64.4 Å². The number of amides is 1. The molecule has 0 bridgehead atoms. The molecular weight excluding hydrogens is 448 g/mol. The number of aromatic nitrogens is 1. The minimum absolute atomic E-state index is 0.151. The molecule has 0 unspecified atom stereocenters. The number of carbonyl (C=O) groups is 1. The van der Waals surface area contributed by atoms with Crippen molar-refractivity contribution in [3.63, 3.8) is 0 Å². The summed E-state index contributed by atoms with van der Waals surface area (Å²) in [6.07, 6.45) is 12.4. The van der Waals surface area contributed by atoms with Gasteiger partial charge >= 0.3 is 0 Å². The second-order valence-electron chi connectivity index (χ2n) is 7.86. The smallest absolute Gasteiger partial charge is 0.255 e. The van der Waals surface area contributed by atoms with Crippen LogP contribution in [0.3, 0.4) is 0 Å². The molecule has 3 rings (SSSR count). The molecule has 1 heterocycles. The first-order chi connectivity index (χ1) is 17.5. The van der Waals surface area contributed by atoms with Gasteiger partial charge in [0.2, 0.25) is 5.89 Å². The Kier molecular flexibility index (Phi) is 11.3. The highest BCUT2D eigenvalue weighted by Gasteiger charge is 2.15. The maximum atomic E-state index is 12.8. The van der Waals surface area contributed by atoms with Crippen LogP contribution in [-0.2, 0) is 17.8 Å². The van der Waals surface area contributed by atoms with Crippen molar-refractivity contribution in [2.75, 3.05) is 5.32 Å². The van der Waals surface area contributed by atoms with E-state index < -0.39 is 0 Å². The van der Waals surface area contributed by atoms with E-state index in [1.807, 2.05) is 77.1 Å². The van der Waals surface area contributed by atoms with E-state index in [0.717, 1.165) is 28.8 Å². The van der Waals surface area contributed by atoms with Gasteiger partial charge in [-0.25, -0.2) is 4.98 Å². The van der Waals surface area contributed by atoms with E-state index in [9.17, 15) is 4.79 Å². The number of nitrogens with zero attached hydrogens (tertiary/aromatic N) is 1. The number of anilines is 1. The second kappa shape index (κ2) is 14.4. The van der Waals surface area contributed by atoms with Gasteiger partial charge in [0.25, 0.3) is 5.91 Å². The molecule has 0 radical (unpaired) electrons. The quantitative estimate of drug-likeness (QED) is 0.191. The summed E-state index contributed by atoms with van der Waals surface area (Å²) in [7, 11) is 0. The third-order valence-electron chi connectivity index (χ3n) is 5.46. The molecule has 2 aromatic carbocycles. The third kappa shape index (κ3) is 7.48. The fraction of sp³-hybridized carbons (Fsp3) is 0.290. The molecular formula is C31H36N2O3. The van der Waals surface area contributed by atoms with E-state index >= 15 is 0 Å². The Morgan fingerprint density at radius 1 is 1.17 bits per heavy atom. The molecule has 5 heteroatoms. The van der Waals surface area contributed by atoms with E-state index in [-0.39, 0.29) is 12.5 Å². The molecule has 3 aromatic rings. The molecule has 0 aliphatic carbocycles. The third-order valence-corrected chi connectivity index (χ3v) is 5.46. The Morgan fingerprint density at radius 2 is 1.89 bits per heavy atom. The number of ether oxygens (including phenoxy) is 1. The van der Waals surface area contributed by atoms with Crippen molar-refractivity contribution in [2.24, 2.45) is 0 Å². The molecule has 5 nitrogen and oxygen atoms in total. The standard InChI is InChI=1S/C29H30N2O3.C2H6/c1-6-9-14-25(11-7-2)33-19-26-21(5)34-29(30-26)24-17-15-23(16-18-24)28(32)31-27-20(4)12-10-13-22(27)8-3;1-2/h2,6,9-13,15-18H,8,14,19H2,1,3-5H3,(H,31,32);1-2H3/b9-6-,25-11+;. The van der Waals surface area contributed by atoms with Crippen molar-refractivity contribution >= 4 is 11.6 Å². The number of hydrogen-bond acceptors (Lipinski definition) is 4. The van der Waals surface area contributed by atoms with Gasteiger partial charge in [-0.05, 0) is 62.6 Å². The van der Waals surface area contributed by atoms with Crippen molar-refractivity contribution in [3.8, 4) is 23.8 Å². The summed E-state index contributed by atoms with van der Waals surface area (Å²) in [6, 6.07) is 13.2. The maximum absolute atomic E-state index is 12.8. The Balaban J connectivity index is 0.00000222. The lowest BCUT2D eigenvalue weighted by Gasteiger charge is -2.13. The Morgan fingerprint density at radius 3 is 2.53 bits per heavy atom. The molecule has 0 fully saturated rings. The van der Waals surface area contributed by atoms with E-state index in [1.54, 1.807) is 18.2 Å². The van der Waals surface area contributed by atoms with Crippen LogP contribution in [-0.4, -0.2) is 10.9 Å². The maximum Gasteiger partial charge on any atom is 0.255 e. The van der Waals surface area contributed by atoms with Crippen LogP contribution in [0, 0.1) is 26.2 Å². The lowest BCUT2D eigenvalue weighted by Crippen LogP contribution is -2.14. The lowest BCUT2D eigenvalue weighted by molar-refractivity contribution is 0.102. The number of aryl methyl sites for hydroxylation is 3. The Hall–Kier alpha value is -4.04. The largest absolute Gasteiger partial charge is 0.491 e. The Bertz CT molecular complexity index is 1240. The number of oxazole rings is 1. The minimum atomic E-state index is -0.151. The average molecular weight is 485 g/mol. The fourth-order valence-electron chi connectivity index (χ4n) is 3.48. The van der Waals surface area contributed by atoms with Crippen LogP contribution in [0.4, 0.5) is 5.69 Å². The minimum Gasteiger partial charge on any atom is -0.491 e. The summed E-state index contributed by atoms with van der Waals surface area (Å²) < 4.78 is 11.7. The summed E-state index contributed by atoms with van der Waals surface area (Å²) in [5.74, 6) is 4.20. The number of benzene rings is 2. The molecule has 0 atom stereocenters. The lowest BCUT2D eigenvalue weighted by atomic mass is 10.0. The molecule has 0 saturated carbocycles. The van der Waals surface area contributed by atoms with Gasteiger partial charge in [0.1, 0.15) is 23.8 Å². The van der Waals surface area contributed by atoms with Crippen molar-refractivity contribution in [2.45, 2.75) is 61.0 Å². The zero-order valence-corrected chi connectivity index (χ0v) is 22.1. The van der Waals surface area contributed by atoms with Crippen molar-refractivity contribution in [1.29, 1.82) is 0 Å². The highest BCUT2D eigenvalue weighted by Crippen LogP contribution is 2.25. The SMILES string of the molecule is C#C/C=C(\C/C=C\C)OCc1nc(-c2ccc(C(=O)Nc3c(C)cccc3CC)cc2)oc1C.CC. The van der Waals surface area contributed by atoms with Crippen LogP contribution in [0.5, 0.6) is 0 Å². The normalized spacial score (nSPS) is 11.0. The monoisotopic (exact) mass is 484 g/mol. The fourth-order valence-corrected chi connectivity index (χ4v) is 3.48. The number of para-hydroxylation sites is 1. The number of terminal acetylenes is 1. The molecule has 0 aliphatic rings. The van der Waals surface area contributed by atoms with Gasteiger partial charge in [-0.15, -0.1) is 6.42 Å². The summed E-state index contributed by atoms with van der Waals surface area (Å²) >= 11 is 0. The molecule has 36 heavy (non-hydrogen) atoms. The number of carbonyl (C=O) groups excluding carboxylic acids is 1. The van der Waals surface area contributed by atoms with Crippen LogP contribution in [0.15, 0.2) is 70.9 Å². The van der Waals surface area contributed by atoms with Crippen LogP contribution in [0.25, 0.3) is 11.5 Å². The van der Waals surface area contributed by atoms with Crippen LogP contribution < -0.4 is 5.32 Å². The zero-order valence-electron chi connectivity index (χ0n) is 22.1. The summed E-state index contributed by atoms with van der Waals surface area (Å²) in [5.41, 5.74) is 5.08. The van der Waals surface area contributed by atoms with Crippen molar-refractivity contribution in [1.82, 2.24) is 4.98 Å². The van der Waals surface area contributed by atoms with E-state index in [2.05, 4.69) is 23.1 Å². The van der Waals surface area contributed by atoms with Gasteiger partial charge in [-0.1, -0.05) is 57.0 Å². The highest BCUT2D eigenvalue weighted by molar-refractivity contribution is 6.05. The number of allylic oxidation sites excluding steroid dienone is 3. The average Bonchev–Trinajstić information content (AvgIpc) is 3.28. The molecule has 0 saturated heterocycles. The molecule has 1 N–H and O–H groups in total. The first-order valence-corrected chi connectivity index (χ1v) is 12.3. The number of hydrogen-bond donors (Lipinski definition) is 1. The number of rotatable bonds is 9. The van der Waals surface area contributed by atoms with Crippen LogP contribution in [0.2, 0.25) is 0 Å². The Labute approximate surface area is 215 Å². The first kappa shape index (κ1) is 28.2. The van der Waals surface area contributed by atoms with Gasteiger partial charge in [0.05, 0.1) is 0 Å². The first-order valence-electron chi connectivity index (χ1n) is 12.3. The molecule has 0 spiro atoms. The zero-order chi connectivity index (χ0) is 26.5. The highest BCUT2D eigenvalue weighted by atomic mass is 16.5. The van der Waals surface area contributed by atoms with E-state index in [1.165, 1.54) is 0 Å². The predicted molar refractivity (Wildman–Crippen MR) is 148 cm³/mol. The molecule has 0 aliphatic heterocycles.